The number of hydrogen-bond donors (Lipinski definition) is 1. The van der Waals surface area contributed by atoms with Crippen LogP contribution in [-0.2, 0) is 4.12 Å². The molecule has 0 aromatic heterocycles. The van der Waals surface area contributed by atoms with E-state index in [0.29, 0.717) is 27.8 Å². The molecule has 0 unspecified atom stereocenters. The van der Waals surface area contributed by atoms with E-state index in [0.717, 1.165) is 12.8 Å². The number of hydrogen-bond acceptors (Lipinski definition) is 2. The molecule has 26 heavy (non-hydrogen) atoms. The lowest BCUT2D eigenvalue weighted by atomic mass is 10.2. The van der Waals surface area contributed by atoms with Gasteiger partial charge < -0.3 is 9.22 Å². The highest BCUT2D eigenvalue weighted by molar-refractivity contribution is 9.25. The monoisotopic (exact) mass is 550 g/mol. The van der Waals surface area contributed by atoms with E-state index in [1.54, 1.807) is 0 Å². The third kappa shape index (κ3) is 7.45. The molecule has 0 saturated heterocycles. The third-order valence-electron chi connectivity index (χ3n) is 6.35. The SMILES string of the molecule is CC(C)(C)[Si](C)(C)O[Si](C)(C)C(C)(C)C.OCC[C@@H]1[C@H](CCCl)C1(Br)Br. The van der Waals surface area contributed by atoms with Crippen molar-refractivity contribution in [2.24, 2.45) is 11.8 Å². The van der Waals surface area contributed by atoms with Crippen molar-refractivity contribution in [1.82, 2.24) is 0 Å². The zero-order valence-electron chi connectivity index (χ0n) is 18.5. The first-order chi connectivity index (χ1) is 11.3. The number of halogens is 3. The van der Waals surface area contributed by atoms with Crippen LogP contribution in [0.25, 0.3) is 0 Å². The fraction of sp³-hybridized carbons (Fsp3) is 1.00. The first kappa shape index (κ1) is 27.6. The molecule has 0 radical (unpaired) electrons. The molecule has 1 fully saturated rings. The van der Waals surface area contributed by atoms with Crippen molar-refractivity contribution in [2.45, 2.75) is 93.9 Å². The molecule has 0 aliphatic heterocycles. The van der Waals surface area contributed by atoms with Crippen LogP contribution in [0, 0.1) is 11.8 Å². The van der Waals surface area contributed by atoms with Crippen LogP contribution in [0.15, 0.2) is 0 Å². The van der Waals surface area contributed by atoms with Gasteiger partial charge in [-0.15, -0.1) is 11.6 Å². The van der Waals surface area contributed by atoms with Crippen molar-refractivity contribution < 1.29 is 9.22 Å². The summed E-state index contributed by atoms with van der Waals surface area (Å²) in [5.41, 5.74) is 0. The van der Waals surface area contributed by atoms with Crippen LogP contribution in [0.2, 0.25) is 36.3 Å². The summed E-state index contributed by atoms with van der Waals surface area (Å²) in [5, 5.41) is 9.36. The minimum Gasteiger partial charge on any atom is -0.455 e. The smallest absolute Gasteiger partial charge is 0.178 e. The standard InChI is InChI=1S/C12H30OSi2.C7H11Br2ClO/c1-11(2,3)14(7,8)13-15(9,10)12(4,5)6;8-7(9)5(1-3-10)6(7)2-4-11/h1-10H3;5-6,11H,1-4H2/t;5-,6+/m.0/s1. The van der Waals surface area contributed by atoms with E-state index in [9.17, 15) is 0 Å². The predicted molar refractivity (Wildman–Crippen MR) is 130 cm³/mol. The van der Waals surface area contributed by atoms with Crippen LogP contribution < -0.4 is 0 Å². The van der Waals surface area contributed by atoms with Gasteiger partial charge in [0.2, 0.25) is 0 Å². The Balaban J connectivity index is 0.000000502. The quantitative estimate of drug-likeness (QED) is 0.270. The summed E-state index contributed by atoms with van der Waals surface area (Å²) < 4.78 is 6.70. The molecule has 0 amide bonds. The molecule has 0 aromatic carbocycles. The summed E-state index contributed by atoms with van der Waals surface area (Å²) in [6.45, 7) is 23.6. The Kier molecular flexibility index (Phi) is 10.2. The van der Waals surface area contributed by atoms with Crippen LogP contribution in [0.5, 0.6) is 0 Å². The van der Waals surface area contributed by atoms with Crippen LogP contribution in [-0.4, -0.2) is 37.5 Å². The van der Waals surface area contributed by atoms with E-state index in [1.807, 2.05) is 0 Å². The Bertz CT molecular complexity index is 406. The van der Waals surface area contributed by atoms with Crippen molar-refractivity contribution in [2.75, 3.05) is 12.5 Å². The molecule has 0 spiro atoms. The molecule has 0 heterocycles. The van der Waals surface area contributed by atoms with Gasteiger partial charge in [-0.1, -0.05) is 73.4 Å². The largest absolute Gasteiger partial charge is 0.455 e. The van der Waals surface area contributed by atoms with E-state index in [-0.39, 0.29) is 9.84 Å². The van der Waals surface area contributed by atoms with Gasteiger partial charge in [0.1, 0.15) is 0 Å². The summed E-state index contributed by atoms with van der Waals surface area (Å²) in [7, 11) is -3.18. The number of aliphatic hydroxyl groups is 1. The molecule has 2 atom stereocenters. The van der Waals surface area contributed by atoms with E-state index < -0.39 is 16.6 Å². The zero-order valence-corrected chi connectivity index (χ0v) is 24.4. The first-order valence-corrected chi connectivity index (χ1v) is 17.5. The maximum absolute atomic E-state index is 8.72. The fourth-order valence-corrected chi connectivity index (χ4v) is 12.2. The Hall–Kier alpha value is 1.60. The molecule has 0 bridgehead atoms. The summed E-state index contributed by atoms with van der Waals surface area (Å²) in [4.78, 5) is 0. The van der Waals surface area contributed by atoms with Crippen LogP contribution in [0.3, 0.4) is 0 Å². The van der Waals surface area contributed by atoms with E-state index in [1.165, 1.54) is 0 Å². The van der Waals surface area contributed by atoms with Crippen molar-refractivity contribution >= 4 is 60.1 Å². The predicted octanol–water partition coefficient (Wildman–Crippen LogP) is 7.74. The average Bonchev–Trinajstić information content (AvgIpc) is 2.88. The van der Waals surface area contributed by atoms with Gasteiger partial charge >= 0.3 is 0 Å². The molecule has 158 valence electrons. The molecule has 1 aliphatic carbocycles. The minimum atomic E-state index is -1.59. The Morgan fingerprint density at radius 2 is 1.23 bits per heavy atom. The fourth-order valence-electron chi connectivity index (χ4n) is 2.45. The van der Waals surface area contributed by atoms with Crippen LogP contribution in [0.4, 0.5) is 0 Å². The van der Waals surface area contributed by atoms with Crippen molar-refractivity contribution in [3.8, 4) is 0 Å². The van der Waals surface area contributed by atoms with Gasteiger partial charge in [-0.05, 0) is 60.9 Å². The maximum Gasteiger partial charge on any atom is 0.178 e. The molecular weight excluding hydrogens is 512 g/mol. The molecule has 0 aromatic rings. The van der Waals surface area contributed by atoms with E-state index >= 15 is 0 Å². The zero-order chi connectivity index (χ0) is 21.2. The average molecular weight is 553 g/mol. The number of rotatable bonds is 6. The highest BCUT2D eigenvalue weighted by atomic mass is 79.9. The van der Waals surface area contributed by atoms with Gasteiger partial charge in [0.15, 0.2) is 16.6 Å². The van der Waals surface area contributed by atoms with Gasteiger partial charge in [-0.25, -0.2) is 0 Å². The summed E-state index contributed by atoms with van der Waals surface area (Å²) >= 11 is 12.8. The summed E-state index contributed by atoms with van der Waals surface area (Å²) in [6.07, 6.45) is 1.88. The Morgan fingerprint density at radius 3 is 1.50 bits per heavy atom. The van der Waals surface area contributed by atoms with Gasteiger partial charge in [0.05, 0.1) is 3.23 Å². The Morgan fingerprint density at radius 1 is 0.885 bits per heavy atom. The van der Waals surface area contributed by atoms with E-state index in [4.69, 9.17) is 20.8 Å². The second kappa shape index (κ2) is 9.61. The van der Waals surface area contributed by atoms with Gasteiger partial charge in [-0.3, -0.25) is 0 Å². The highest BCUT2D eigenvalue weighted by Gasteiger charge is 2.60. The highest BCUT2D eigenvalue weighted by Crippen LogP contribution is 2.64. The number of aliphatic hydroxyl groups excluding tert-OH is 1. The molecule has 7 heteroatoms. The lowest BCUT2D eigenvalue weighted by Crippen LogP contribution is -2.53. The van der Waals surface area contributed by atoms with Crippen molar-refractivity contribution in [3.05, 3.63) is 0 Å². The van der Waals surface area contributed by atoms with Crippen molar-refractivity contribution in [1.29, 1.82) is 0 Å². The summed E-state index contributed by atoms with van der Waals surface area (Å²) in [6, 6.07) is 0. The van der Waals surface area contributed by atoms with Crippen molar-refractivity contribution in [3.63, 3.8) is 0 Å². The van der Waals surface area contributed by atoms with Gasteiger partial charge in [0, 0.05) is 12.5 Å². The molecule has 1 N–H and O–H groups in total. The topological polar surface area (TPSA) is 29.5 Å². The van der Waals surface area contributed by atoms with E-state index in [2.05, 4.69) is 99.6 Å². The molecular formula is C19H41Br2ClO2Si2. The molecule has 1 saturated carbocycles. The molecule has 1 rings (SSSR count). The third-order valence-corrected chi connectivity index (χ3v) is 20.2. The van der Waals surface area contributed by atoms with Gasteiger partial charge in [0.25, 0.3) is 0 Å². The van der Waals surface area contributed by atoms with Gasteiger partial charge in [-0.2, -0.15) is 0 Å². The lowest BCUT2D eigenvalue weighted by Gasteiger charge is -2.47. The van der Waals surface area contributed by atoms with Crippen LogP contribution >= 0.6 is 43.5 Å². The molecule has 2 nitrogen and oxygen atoms in total. The second-order valence-corrected chi connectivity index (χ2v) is 24.4. The first-order valence-electron chi connectivity index (χ1n) is 9.60. The lowest BCUT2D eigenvalue weighted by molar-refractivity contribution is 0.276. The van der Waals surface area contributed by atoms with Crippen LogP contribution in [0.1, 0.15) is 54.4 Å². The molecule has 1 aliphatic rings. The summed E-state index contributed by atoms with van der Waals surface area (Å²) in [5.74, 6) is 1.84. The maximum atomic E-state index is 8.72. The Labute approximate surface area is 186 Å². The normalized spacial score (nSPS) is 23.3. The minimum absolute atomic E-state index is 0.0671. The number of alkyl halides is 3. The second-order valence-electron chi connectivity index (χ2n) is 10.5.